The van der Waals surface area contributed by atoms with Gasteiger partial charge in [-0.25, -0.2) is 12.7 Å². The molecule has 2 aliphatic rings. The molecule has 158 valence electrons. The normalized spacial score (nSPS) is 22.5. The minimum Gasteiger partial charge on any atom is -0.381 e. The molecule has 2 saturated heterocycles. The zero-order valence-electron chi connectivity index (χ0n) is 16.7. The molecule has 9 nitrogen and oxygen atoms in total. The fraction of sp³-hybridized carbons (Fsp3) is 0.778. The van der Waals surface area contributed by atoms with Crippen molar-refractivity contribution in [2.75, 3.05) is 45.6 Å². The van der Waals surface area contributed by atoms with Gasteiger partial charge in [-0.3, -0.25) is 14.4 Å². The molecule has 10 heteroatoms. The second-order valence-electron chi connectivity index (χ2n) is 7.63. The molecule has 28 heavy (non-hydrogen) atoms. The molecule has 1 N–H and O–H groups in total. The van der Waals surface area contributed by atoms with Crippen LogP contribution in [0.25, 0.3) is 0 Å². The maximum atomic E-state index is 12.3. The number of aryl methyl sites for hydroxylation is 1. The monoisotopic (exact) mass is 413 g/mol. The number of sulfonamides is 1. The highest BCUT2D eigenvalue weighted by Crippen LogP contribution is 2.24. The maximum Gasteiger partial charge on any atom is 0.271 e. The lowest BCUT2D eigenvalue weighted by Crippen LogP contribution is -2.55. The topological polar surface area (TPSA) is 96.8 Å². The molecule has 0 bridgehead atoms. The van der Waals surface area contributed by atoms with Crippen LogP contribution in [0.4, 0.5) is 0 Å². The molecule has 0 saturated carbocycles. The highest BCUT2D eigenvalue weighted by atomic mass is 32.2. The summed E-state index contributed by atoms with van der Waals surface area (Å²) in [5, 5.41) is 7.07. The quantitative estimate of drug-likeness (QED) is 0.679. The summed E-state index contributed by atoms with van der Waals surface area (Å²) >= 11 is 0. The fourth-order valence-electron chi connectivity index (χ4n) is 4.10. The van der Waals surface area contributed by atoms with Crippen molar-refractivity contribution in [2.45, 2.75) is 37.8 Å². The molecule has 1 atom stereocenters. The van der Waals surface area contributed by atoms with E-state index in [2.05, 4.69) is 15.3 Å². The van der Waals surface area contributed by atoms with Gasteiger partial charge in [0.05, 0.1) is 6.26 Å². The van der Waals surface area contributed by atoms with E-state index in [1.54, 1.807) is 28.3 Å². The van der Waals surface area contributed by atoms with Crippen molar-refractivity contribution in [3.05, 3.63) is 18.0 Å². The highest BCUT2D eigenvalue weighted by molar-refractivity contribution is 7.88. The van der Waals surface area contributed by atoms with Crippen molar-refractivity contribution in [1.29, 1.82) is 0 Å². The summed E-state index contributed by atoms with van der Waals surface area (Å²) in [5.74, 6) is -0.186. The van der Waals surface area contributed by atoms with E-state index in [1.165, 1.54) is 6.26 Å². The van der Waals surface area contributed by atoms with E-state index >= 15 is 0 Å². The average Bonchev–Trinajstić information content (AvgIpc) is 3.12. The molecular weight excluding hydrogens is 382 g/mol. The van der Waals surface area contributed by atoms with E-state index in [9.17, 15) is 13.2 Å². The average molecular weight is 414 g/mol. The van der Waals surface area contributed by atoms with Crippen molar-refractivity contribution >= 4 is 15.9 Å². The standard InChI is InChI=1S/C18H31N5O4S/c1-21-10-5-17(20-21)18(24)19-8-11-23(15-6-12-27-13-7-15)16-4-3-9-22(14-16)28(2,25)26/h5,10,15-16H,3-4,6-9,11-14H2,1-2H3,(H,19,24). The third kappa shape index (κ3) is 5.53. The van der Waals surface area contributed by atoms with E-state index in [0.29, 0.717) is 37.9 Å². The lowest BCUT2D eigenvalue weighted by atomic mass is 9.99. The Bertz CT molecular complexity index is 760. The maximum absolute atomic E-state index is 12.3. The zero-order valence-corrected chi connectivity index (χ0v) is 17.5. The Labute approximate surface area is 167 Å². The van der Waals surface area contributed by atoms with E-state index in [0.717, 1.165) is 38.9 Å². The van der Waals surface area contributed by atoms with Gasteiger partial charge in [-0.1, -0.05) is 0 Å². The Morgan fingerprint density at radius 2 is 2.07 bits per heavy atom. The second-order valence-corrected chi connectivity index (χ2v) is 9.61. The molecular formula is C18H31N5O4S. The number of hydrogen-bond donors (Lipinski definition) is 1. The number of aromatic nitrogens is 2. The Morgan fingerprint density at radius 1 is 1.32 bits per heavy atom. The third-order valence-corrected chi connectivity index (χ3v) is 6.83. The predicted molar refractivity (Wildman–Crippen MR) is 106 cm³/mol. The van der Waals surface area contributed by atoms with Gasteiger partial charge in [0.25, 0.3) is 5.91 Å². The smallest absolute Gasteiger partial charge is 0.271 e. The minimum atomic E-state index is -3.19. The van der Waals surface area contributed by atoms with Crippen LogP contribution in [-0.2, 0) is 21.8 Å². The van der Waals surface area contributed by atoms with Crippen LogP contribution in [0.3, 0.4) is 0 Å². The molecule has 0 spiro atoms. The summed E-state index contributed by atoms with van der Waals surface area (Å²) in [5.41, 5.74) is 0.404. The van der Waals surface area contributed by atoms with Gasteiger partial charge in [0, 0.05) is 64.7 Å². The fourth-order valence-corrected chi connectivity index (χ4v) is 5.00. The molecule has 3 rings (SSSR count). The summed E-state index contributed by atoms with van der Waals surface area (Å²) in [4.78, 5) is 14.7. The molecule has 3 heterocycles. The van der Waals surface area contributed by atoms with Gasteiger partial charge in [0.15, 0.2) is 0 Å². The van der Waals surface area contributed by atoms with E-state index in [4.69, 9.17) is 4.74 Å². The van der Waals surface area contributed by atoms with Gasteiger partial charge in [-0.2, -0.15) is 5.10 Å². The number of ether oxygens (including phenoxy) is 1. The Kier molecular flexibility index (Phi) is 7.08. The number of carbonyl (C=O) groups is 1. The molecule has 0 aliphatic carbocycles. The lowest BCUT2D eigenvalue weighted by Gasteiger charge is -2.43. The number of rotatable bonds is 7. The van der Waals surface area contributed by atoms with E-state index in [-0.39, 0.29) is 11.9 Å². The lowest BCUT2D eigenvalue weighted by molar-refractivity contribution is 0.00672. The number of amides is 1. The first-order valence-electron chi connectivity index (χ1n) is 9.91. The molecule has 1 unspecified atom stereocenters. The molecule has 2 aliphatic heterocycles. The van der Waals surface area contributed by atoms with Crippen LogP contribution in [0.1, 0.15) is 36.2 Å². The van der Waals surface area contributed by atoms with Crippen LogP contribution in [0.5, 0.6) is 0 Å². The van der Waals surface area contributed by atoms with Crippen LogP contribution in [-0.4, -0.2) is 91.0 Å². The van der Waals surface area contributed by atoms with Gasteiger partial charge in [-0.05, 0) is 31.7 Å². The molecule has 2 fully saturated rings. The van der Waals surface area contributed by atoms with E-state index in [1.807, 2.05) is 0 Å². The predicted octanol–water partition coefficient (Wildman–Crippen LogP) is 0.0549. The van der Waals surface area contributed by atoms with Crippen LogP contribution >= 0.6 is 0 Å². The summed E-state index contributed by atoms with van der Waals surface area (Å²) in [6.45, 7) is 3.75. The van der Waals surface area contributed by atoms with Crippen molar-refractivity contribution in [3.8, 4) is 0 Å². The van der Waals surface area contributed by atoms with Gasteiger partial charge in [0.2, 0.25) is 10.0 Å². The SMILES string of the molecule is Cn1ccc(C(=O)NCCN(C2CCOCC2)C2CCCN(S(C)(=O)=O)C2)n1. The largest absolute Gasteiger partial charge is 0.381 e. The van der Waals surface area contributed by atoms with Crippen LogP contribution in [0.15, 0.2) is 12.3 Å². The van der Waals surface area contributed by atoms with Gasteiger partial charge in [0.1, 0.15) is 5.69 Å². The first kappa shape index (κ1) is 21.2. The molecule has 1 aromatic rings. The third-order valence-electron chi connectivity index (χ3n) is 5.56. The number of nitrogens with zero attached hydrogens (tertiary/aromatic N) is 4. The second kappa shape index (κ2) is 9.34. The molecule has 1 amide bonds. The number of hydrogen-bond acceptors (Lipinski definition) is 6. The molecule has 0 aromatic carbocycles. The summed E-state index contributed by atoms with van der Waals surface area (Å²) in [6.07, 6.45) is 6.72. The Hall–Kier alpha value is -1.49. The van der Waals surface area contributed by atoms with Crippen molar-refractivity contribution in [2.24, 2.45) is 7.05 Å². The number of carbonyl (C=O) groups excluding carboxylic acids is 1. The van der Waals surface area contributed by atoms with Crippen molar-refractivity contribution in [1.82, 2.24) is 24.3 Å². The summed E-state index contributed by atoms with van der Waals surface area (Å²) in [7, 11) is -1.41. The van der Waals surface area contributed by atoms with Crippen LogP contribution < -0.4 is 5.32 Å². The van der Waals surface area contributed by atoms with Gasteiger partial charge in [-0.15, -0.1) is 0 Å². The number of piperidine rings is 1. The summed E-state index contributed by atoms with van der Waals surface area (Å²) in [6, 6.07) is 2.21. The van der Waals surface area contributed by atoms with Gasteiger partial charge >= 0.3 is 0 Å². The summed E-state index contributed by atoms with van der Waals surface area (Å²) < 4.78 is 32.7. The van der Waals surface area contributed by atoms with Crippen LogP contribution in [0.2, 0.25) is 0 Å². The minimum absolute atomic E-state index is 0.165. The van der Waals surface area contributed by atoms with Gasteiger partial charge < -0.3 is 10.1 Å². The van der Waals surface area contributed by atoms with Crippen LogP contribution in [0, 0.1) is 0 Å². The van der Waals surface area contributed by atoms with Crippen molar-refractivity contribution < 1.29 is 17.9 Å². The highest BCUT2D eigenvalue weighted by Gasteiger charge is 2.33. The van der Waals surface area contributed by atoms with Crippen molar-refractivity contribution in [3.63, 3.8) is 0 Å². The van der Waals surface area contributed by atoms with E-state index < -0.39 is 10.0 Å². The molecule has 0 radical (unpaired) electrons. The molecule has 1 aromatic heterocycles. The zero-order chi connectivity index (χ0) is 20.1. The first-order chi connectivity index (χ1) is 13.3. The number of nitrogens with one attached hydrogen (secondary N) is 1. The Balaban J connectivity index is 1.62. The Morgan fingerprint density at radius 3 is 2.71 bits per heavy atom. The first-order valence-corrected chi connectivity index (χ1v) is 11.8.